The molecule has 0 radical (unpaired) electrons. The van der Waals surface area contributed by atoms with Crippen LogP contribution in [0.25, 0.3) is 0 Å². The van der Waals surface area contributed by atoms with Gasteiger partial charge in [-0.2, -0.15) is 0 Å². The predicted octanol–water partition coefficient (Wildman–Crippen LogP) is 4.81. The molecule has 0 aromatic carbocycles. The summed E-state index contributed by atoms with van der Waals surface area (Å²) >= 11 is 3.65. The second-order valence-electron chi connectivity index (χ2n) is 5.95. The van der Waals surface area contributed by atoms with Crippen molar-refractivity contribution in [2.75, 3.05) is 6.54 Å². The summed E-state index contributed by atoms with van der Waals surface area (Å²) in [4.78, 5) is 12.4. The Bertz CT molecular complexity index is 245. The molecule has 2 atom stereocenters. The number of halogens is 1. The molecule has 1 fully saturated rings. The summed E-state index contributed by atoms with van der Waals surface area (Å²) < 4.78 is 0. The smallest absolute Gasteiger partial charge is 0.220 e. The lowest BCUT2D eigenvalue weighted by atomic mass is 10.1. The van der Waals surface area contributed by atoms with Gasteiger partial charge in [0.15, 0.2) is 0 Å². The number of hydrogen-bond donors (Lipinski definition) is 1. The van der Waals surface area contributed by atoms with Gasteiger partial charge < -0.3 is 5.32 Å². The van der Waals surface area contributed by atoms with Crippen molar-refractivity contribution in [3.63, 3.8) is 0 Å². The standard InChI is InChI=1S/C16H30BrNO/c1-2-3-4-5-6-7-8-9-16(19)18-13-14-10-11-15(17)12-14/h14-15H,2-13H2,1H3,(H,18,19). The third kappa shape index (κ3) is 8.67. The molecule has 0 spiro atoms. The number of hydrogen-bond acceptors (Lipinski definition) is 1. The number of alkyl halides is 1. The van der Waals surface area contributed by atoms with Crippen molar-refractivity contribution < 1.29 is 4.79 Å². The zero-order valence-corrected chi connectivity index (χ0v) is 14.0. The van der Waals surface area contributed by atoms with Crippen LogP contribution in [0.1, 0.15) is 77.6 Å². The normalized spacial score (nSPS) is 22.6. The minimum atomic E-state index is 0.256. The van der Waals surface area contributed by atoms with Crippen LogP contribution in [0.5, 0.6) is 0 Å². The van der Waals surface area contributed by atoms with Crippen molar-refractivity contribution >= 4 is 21.8 Å². The van der Waals surface area contributed by atoms with E-state index in [0.717, 1.165) is 19.4 Å². The third-order valence-electron chi connectivity index (χ3n) is 4.07. The van der Waals surface area contributed by atoms with Crippen LogP contribution in [0.2, 0.25) is 0 Å². The van der Waals surface area contributed by atoms with E-state index in [0.29, 0.717) is 10.7 Å². The number of carbonyl (C=O) groups is 1. The van der Waals surface area contributed by atoms with Gasteiger partial charge in [0.2, 0.25) is 5.91 Å². The average Bonchev–Trinajstić information content (AvgIpc) is 2.81. The Hall–Kier alpha value is -0.0500. The van der Waals surface area contributed by atoms with E-state index in [1.54, 1.807) is 0 Å². The van der Waals surface area contributed by atoms with Gasteiger partial charge in [0.1, 0.15) is 0 Å². The van der Waals surface area contributed by atoms with Crippen molar-refractivity contribution in [2.24, 2.45) is 5.92 Å². The predicted molar refractivity (Wildman–Crippen MR) is 85.7 cm³/mol. The molecule has 1 saturated carbocycles. The first-order valence-electron chi connectivity index (χ1n) is 8.13. The zero-order chi connectivity index (χ0) is 13.9. The highest BCUT2D eigenvalue weighted by Crippen LogP contribution is 2.29. The Balaban J connectivity index is 1.88. The molecule has 1 aliphatic carbocycles. The quantitative estimate of drug-likeness (QED) is 0.451. The van der Waals surface area contributed by atoms with E-state index in [1.807, 2.05) is 0 Å². The Morgan fingerprint density at radius 2 is 1.79 bits per heavy atom. The maximum atomic E-state index is 11.7. The number of unbranched alkanes of at least 4 members (excludes halogenated alkanes) is 6. The zero-order valence-electron chi connectivity index (χ0n) is 12.4. The Morgan fingerprint density at radius 3 is 2.42 bits per heavy atom. The molecule has 1 rings (SSSR count). The molecule has 0 heterocycles. The summed E-state index contributed by atoms with van der Waals surface area (Å²) in [6.45, 7) is 3.13. The lowest BCUT2D eigenvalue weighted by Crippen LogP contribution is -2.28. The van der Waals surface area contributed by atoms with Gasteiger partial charge in [-0.25, -0.2) is 0 Å². The van der Waals surface area contributed by atoms with Gasteiger partial charge >= 0.3 is 0 Å². The summed E-state index contributed by atoms with van der Waals surface area (Å²) in [7, 11) is 0. The highest BCUT2D eigenvalue weighted by molar-refractivity contribution is 9.09. The minimum Gasteiger partial charge on any atom is -0.356 e. The van der Waals surface area contributed by atoms with Crippen LogP contribution in [-0.2, 0) is 4.79 Å². The molecule has 2 nitrogen and oxygen atoms in total. The van der Waals surface area contributed by atoms with Gasteiger partial charge in [-0.05, 0) is 31.6 Å². The molecule has 1 amide bonds. The molecule has 0 aliphatic heterocycles. The Morgan fingerprint density at radius 1 is 1.11 bits per heavy atom. The van der Waals surface area contributed by atoms with Crippen LogP contribution in [0.4, 0.5) is 0 Å². The first-order valence-corrected chi connectivity index (χ1v) is 9.04. The molecule has 0 aromatic rings. The fourth-order valence-corrected chi connectivity index (χ4v) is 3.58. The van der Waals surface area contributed by atoms with Gasteiger partial charge in [0.05, 0.1) is 0 Å². The number of amides is 1. The van der Waals surface area contributed by atoms with E-state index in [9.17, 15) is 4.79 Å². The molecule has 112 valence electrons. The second kappa shape index (κ2) is 10.7. The van der Waals surface area contributed by atoms with Gasteiger partial charge in [-0.15, -0.1) is 0 Å². The van der Waals surface area contributed by atoms with E-state index < -0.39 is 0 Å². The monoisotopic (exact) mass is 331 g/mol. The van der Waals surface area contributed by atoms with Crippen LogP contribution in [0, 0.1) is 5.92 Å². The molecule has 1 aliphatic rings. The van der Waals surface area contributed by atoms with Crippen LogP contribution >= 0.6 is 15.9 Å². The molecule has 0 aromatic heterocycles. The lowest BCUT2D eigenvalue weighted by Gasteiger charge is -2.10. The number of rotatable bonds is 10. The summed E-state index contributed by atoms with van der Waals surface area (Å²) in [5, 5.41) is 3.10. The molecule has 0 saturated heterocycles. The van der Waals surface area contributed by atoms with Crippen LogP contribution < -0.4 is 5.32 Å². The van der Waals surface area contributed by atoms with E-state index in [4.69, 9.17) is 0 Å². The van der Waals surface area contributed by atoms with E-state index >= 15 is 0 Å². The minimum absolute atomic E-state index is 0.256. The van der Waals surface area contributed by atoms with Crippen LogP contribution in [0.3, 0.4) is 0 Å². The number of nitrogens with one attached hydrogen (secondary N) is 1. The summed E-state index contributed by atoms with van der Waals surface area (Å²) in [6.07, 6.45) is 13.4. The maximum Gasteiger partial charge on any atom is 0.220 e. The van der Waals surface area contributed by atoms with Crippen molar-refractivity contribution in [3.8, 4) is 0 Å². The highest BCUT2D eigenvalue weighted by Gasteiger charge is 2.22. The van der Waals surface area contributed by atoms with Crippen LogP contribution in [0.15, 0.2) is 0 Å². The molecular weight excluding hydrogens is 302 g/mol. The van der Waals surface area contributed by atoms with Crippen molar-refractivity contribution in [2.45, 2.75) is 82.4 Å². The molecule has 3 heteroatoms. The van der Waals surface area contributed by atoms with Gasteiger partial charge in [0.25, 0.3) is 0 Å². The van der Waals surface area contributed by atoms with Crippen LogP contribution in [-0.4, -0.2) is 17.3 Å². The third-order valence-corrected chi connectivity index (χ3v) is 4.90. The fourth-order valence-electron chi connectivity index (χ4n) is 2.79. The fraction of sp³-hybridized carbons (Fsp3) is 0.938. The van der Waals surface area contributed by atoms with Gasteiger partial charge in [-0.1, -0.05) is 61.4 Å². The Kier molecular flexibility index (Phi) is 9.58. The van der Waals surface area contributed by atoms with E-state index in [2.05, 4.69) is 28.2 Å². The summed E-state index contributed by atoms with van der Waals surface area (Å²) in [6, 6.07) is 0. The topological polar surface area (TPSA) is 29.1 Å². The molecule has 19 heavy (non-hydrogen) atoms. The van der Waals surface area contributed by atoms with Crippen molar-refractivity contribution in [1.29, 1.82) is 0 Å². The van der Waals surface area contributed by atoms with Gasteiger partial charge in [-0.3, -0.25) is 4.79 Å². The average molecular weight is 332 g/mol. The van der Waals surface area contributed by atoms with Crippen molar-refractivity contribution in [1.82, 2.24) is 5.32 Å². The van der Waals surface area contributed by atoms with Gasteiger partial charge in [0, 0.05) is 17.8 Å². The molecule has 2 unspecified atom stereocenters. The first kappa shape index (κ1) is 17.0. The molecular formula is C16H30BrNO. The highest BCUT2D eigenvalue weighted by atomic mass is 79.9. The largest absolute Gasteiger partial charge is 0.356 e. The van der Waals surface area contributed by atoms with E-state index in [1.165, 1.54) is 57.8 Å². The SMILES string of the molecule is CCCCCCCCCC(=O)NCC1CCC(Br)C1. The Labute approximate surface area is 127 Å². The lowest BCUT2D eigenvalue weighted by molar-refractivity contribution is -0.121. The molecule has 1 N–H and O–H groups in total. The summed E-state index contributed by atoms with van der Waals surface area (Å²) in [5.41, 5.74) is 0. The number of carbonyl (C=O) groups excluding carboxylic acids is 1. The second-order valence-corrected chi connectivity index (χ2v) is 7.25. The van der Waals surface area contributed by atoms with Crippen molar-refractivity contribution in [3.05, 3.63) is 0 Å². The molecule has 0 bridgehead atoms. The van der Waals surface area contributed by atoms with E-state index in [-0.39, 0.29) is 5.91 Å². The summed E-state index contributed by atoms with van der Waals surface area (Å²) in [5.74, 6) is 0.953. The maximum absolute atomic E-state index is 11.7. The first-order chi connectivity index (χ1) is 9.22.